The Bertz CT molecular complexity index is 466. The van der Waals surface area contributed by atoms with Gasteiger partial charge in [-0.25, -0.2) is 0 Å². The molecule has 2 heterocycles. The molecule has 3 atom stereocenters. The summed E-state index contributed by atoms with van der Waals surface area (Å²) in [7, 11) is -3.26. The molecule has 1 aliphatic carbocycles. The van der Waals surface area contributed by atoms with E-state index in [9.17, 15) is 8.42 Å². The summed E-state index contributed by atoms with van der Waals surface area (Å²) in [5.41, 5.74) is 0. The highest BCUT2D eigenvalue weighted by Gasteiger charge is 2.47. The molecule has 0 aromatic carbocycles. The zero-order valence-corrected chi connectivity index (χ0v) is 14.1. The van der Waals surface area contributed by atoms with E-state index in [0.717, 1.165) is 45.2 Å². The summed E-state index contributed by atoms with van der Waals surface area (Å²) in [5.74, 6) is 0.613. The number of nitrogens with one attached hydrogen (secondary N) is 1. The normalized spacial score (nSPS) is 34.9. The van der Waals surface area contributed by atoms with Crippen molar-refractivity contribution >= 4 is 10.2 Å². The molecule has 21 heavy (non-hydrogen) atoms. The average molecular weight is 315 g/mol. The molecular weight excluding hydrogens is 286 g/mol. The molecule has 0 amide bonds. The van der Waals surface area contributed by atoms with Crippen LogP contribution in [-0.2, 0) is 10.2 Å². The molecule has 0 aromatic heterocycles. The maximum Gasteiger partial charge on any atom is 0.282 e. The van der Waals surface area contributed by atoms with Crippen molar-refractivity contribution in [2.75, 3.05) is 19.6 Å². The first-order valence-corrected chi connectivity index (χ1v) is 9.90. The van der Waals surface area contributed by atoms with Crippen LogP contribution in [0.4, 0.5) is 0 Å². The topological polar surface area (TPSA) is 52.7 Å². The van der Waals surface area contributed by atoms with Crippen LogP contribution < -0.4 is 5.32 Å². The molecular formula is C15H29N3O2S. The Kier molecular flexibility index (Phi) is 4.60. The quantitative estimate of drug-likeness (QED) is 0.838. The fourth-order valence-electron chi connectivity index (χ4n) is 4.15. The summed E-state index contributed by atoms with van der Waals surface area (Å²) < 4.78 is 29.7. The zero-order chi connectivity index (χ0) is 15.0. The number of hydrogen-bond donors (Lipinski definition) is 1. The molecule has 3 fully saturated rings. The molecule has 6 heteroatoms. The monoisotopic (exact) mass is 315 g/mol. The Hall–Kier alpha value is -0.170. The Morgan fingerprint density at radius 1 is 1.14 bits per heavy atom. The van der Waals surface area contributed by atoms with E-state index in [4.69, 9.17) is 0 Å². The standard InChI is InChI=1S/C15H29N3O2S/c1-12(2)16-10-15-5-3-4-8-17(15)21(19,20)18-11-13-6-7-14(18)9-13/h12-16H,3-11H2,1-2H3. The minimum absolute atomic E-state index is 0.130. The molecule has 2 bridgehead atoms. The van der Waals surface area contributed by atoms with Gasteiger partial charge in [0.15, 0.2) is 0 Å². The number of rotatable bonds is 5. The predicted molar refractivity (Wildman–Crippen MR) is 84.2 cm³/mol. The minimum Gasteiger partial charge on any atom is -0.313 e. The van der Waals surface area contributed by atoms with E-state index >= 15 is 0 Å². The lowest BCUT2D eigenvalue weighted by Crippen LogP contribution is -2.55. The fourth-order valence-corrected chi connectivity index (χ4v) is 6.30. The Morgan fingerprint density at radius 2 is 1.95 bits per heavy atom. The lowest BCUT2D eigenvalue weighted by Gasteiger charge is -2.39. The minimum atomic E-state index is -3.26. The molecule has 5 nitrogen and oxygen atoms in total. The maximum absolute atomic E-state index is 13.1. The third kappa shape index (κ3) is 3.14. The van der Waals surface area contributed by atoms with Crippen LogP contribution in [0.5, 0.6) is 0 Å². The van der Waals surface area contributed by atoms with Crippen molar-refractivity contribution in [3.8, 4) is 0 Å². The molecule has 3 unspecified atom stereocenters. The zero-order valence-electron chi connectivity index (χ0n) is 13.3. The van der Waals surface area contributed by atoms with E-state index < -0.39 is 10.2 Å². The molecule has 0 radical (unpaired) electrons. The summed E-state index contributed by atoms with van der Waals surface area (Å²) >= 11 is 0. The van der Waals surface area contributed by atoms with E-state index in [1.807, 2.05) is 4.31 Å². The summed E-state index contributed by atoms with van der Waals surface area (Å²) in [6.07, 6.45) is 6.49. The predicted octanol–water partition coefficient (Wildman–Crippen LogP) is 1.57. The number of hydrogen-bond acceptors (Lipinski definition) is 3. The van der Waals surface area contributed by atoms with Gasteiger partial charge >= 0.3 is 0 Å². The van der Waals surface area contributed by atoms with Crippen LogP contribution in [0.1, 0.15) is 52.4 Å². The lowest BCUT2D eigenvalue weighted by atomic mass is 10.0. The first kappa shape index (κ1) is 15.7. The van der Waals surface area contributed by atoms with Crippen LogP contribution in [0.15, 0.2) is 0 Å². The number of nitrogens with zero attached hydrogens (tertiary/aromatic N) is 2. The van der Waals surface area contributed by atoms with Crippen LogP contribution >= 0.6 is 0 Å². The van der Waals surface area contributed by atoms with Gasteiger partial charge in [0, 0.05) is 37.8 Å². The Morgan fingerprint density at radius 3 is 2.57 bits per heavy atom. The van der Waals surface area contributed by atoms with Gasteiger partial charge in [0.05, 0.1) is 0 Å². The van der Waals surface area contributed by atoms with Gasteiger partial charge in [-0.1, -0.05) is 20.3 Å². The molecule has 0 aromatic rings. The van der Waals surface area contributed by atoms with Gasteiger partial charge < -0.3 is 5.32 Å². The first-order chi connectivity index (χ1) is 9.98. The van der Waals surface area contributed by atoms with E-state index in [0.29, 0.717) is 18.5 Å². The maximum atomic E-state index is 13.1. The summed E-state index contributed by atoms with van der Waals surface area (Å²) in [6.45, 7) is 6.45. The van der Waals surface area contributed by atoms with E-state index in [1.54, 1.807) is 4.31 Å². The van der Waals surface area contributed by atoms with Gasteiger partial charge in [0.25, 0.3) is 10.2 Å². The molecule has 3 rings (SSSR count). The first-order valence-electron chi connectivity index (χ1n) is 8.50. The van der Waals surface area contributed by atoms with Gasteiger partial charge in [-0.05, 0) is 38.0 Å². The largest absolute Gasteiger partial charge is 0.313 e. The van der Waals surface area contributed by atoms with E-state index in [-0.39, 0.29) is 12.1 Å². The highest BCUT2D eigenvalue weighted by Crippen LogP contribution is 2.40. The van der Waals surface area contributed by atoms with Crippen LogP contribution in [0, 0.1) is 5.92 Å². The van der Waals surface area contributed by atoms with Crippen LogP contribution in [0.3, 0.4) is 0 Å². The van der Waals surface area contributed by atoms with E-state index in [2.05, 4.69) is 19.2 Å². The van der Waals surface area contributed by atoms with Crippen molar-refractivity contribution in [1.29, 1.82) is 0 Å². The molecule has 1 saturated carbocycles. The highest BCUT2D eigenvalue weighted by molar-refractivity contribution is 7.86. The van der Waals surface area contributed by atoms with Crippen molar-refractivity contribution in [3.63, 3.8) is 0 Å². The smallest absolute Gasteiger partial charge is 0.282 e. The molecule has 1 N–H and O–H groups in total. The average Bonchev–Trinajstić information content (AvgIpc) is 3.08. The van der Waals surface area contributed by atoms with Gasteiger partial charge in [-0.3, -0.25) is 0 Å². The lowest BCUT2D eigenvalue weighted by molar-refractivity contribution is 0.213. The highest BCUT2D eigenvalue weighted by atomic mass is 32.2. The molecule has 0 spiro atoms. The molecule has 122 valence electrons. The molecule has 3 aliphatic rings. The summed E-state index contributed by atoms with van der Waals surface area (Å²) in [5, 5.41) is 3.42. The Balaban J connectivity index is 1.72. The SMILES string of the molecule is CC(C)NCC1CCCCN1S(=O)(=O)N1CC2CCC1C2. The van der Waals surface area contributed by atoms with Crippen LogP contribution in [0.2, 0.25) is 0 Å². The molecule has 2 saturated heterocycles. The summed E-state index contributed by atoms with van der Waals surface area (Å²) in [6, 6.07) is 0.810. The second-order valence-corrected chi connectivity index (χ2v) is 9.07. The van der Waals surface area contributed by atoms with Crippen molar-refractivity contribution in [3.05, 3.63) is 0 Å². The van der Waals surface area contributed by atoms with Crippen molar-refractivity contribution in [2.45, 2.75) is 70.5 Å². The number of piperidine rings is 2. The van der Waals surface area contributed by atoms with Crippen LogP contribution in [0.25, 0.3) is 0 Å². The van der Waals surface area contributed by atoms with Crippen molar-refractivity contribution in [2.24, 2.45) is 5.92 Å². The summed E-state index contributed by atoms with van der Waals surface area (Å²) in [4.78, 5) is 0. The van der Waals surface area contributed by atoms with Gasteiger partial charge in [0.2, 0.25) is 0 Å². The third-order valence-corrected chi connectivity index (χ3v) is 7.40. The fraction of sp³-hybridized carbons (Fsp3) is 1.00. The third-order valence-electron chi connectivity index (χ3n) is 5.29. The second kappa shape index (κ2) is 6.14. The number of fused-ring (bicyclic) bond motifs is 2. The van der Waals surface area contributed by atoms with Crippen molar-refractivity contribution < 1.29 is 8.42 Å². The van der Waals surface area contributed by atoms with Gasteiger partial charge in [-0.2, -0.15) is 17.0 Å². The van der Waals surface area contributed by atoms with Gasteiger partial charge in [0.1, 0.15) is 0 Å². The second-order valence-electron chi connectivity index (χ2n) is 7.23. The van der Waals surface area contributed by atoms with Crippen molar-refractivity contribution in [1.82, 2.24) is 13.9 Å². The molecule has 2 aliphatic heterocycles. The van der Waals surface area contributed by atoms with Gasteiger partial charge in [-0.15, -0.1) is 0 Å². The van der Waals surface area contributed by atoms with Crippen LogP contribution in [-0.4, -0.2) is 54.8 Å². The van der Waals surface area contributed by atoms with E-state index in [1.165, 1.54) is 6.42 Å². The Labute approximate surface area is 129 Å².